The highest BCUT2D eigenvalue weighted by Crippen LogP contribution is 2.21. The fraction of sp³-hybridized carbons (Fsp3) is 0.412. The SMILES string of the molecule is O=C(O)CCN(CC1CCCO1)C(=O)c1cccc2[nH]ccc12. The highest BCUT2D eigenvalue weighted by Gasteiger charge is 2.24. The van der Waals surface area contributed by atoms with E-state index in [2.05, 4.69) is 4.98 Å². The number of carbonyl (C=O) groups is 2. The van der Waals surface area contributed by atoms with E-state index >= 15 is 0 Å². The Morgan fingerprint density at radius 3 is 2.96 bits per heavy atom. The molecule has 0 radical (unpaired) electrons. The van der Waals surface area contributed by atoms with Gasteiger partial charge in [0.2, 0.25) is 0 Å². The van der Waals surface area contributed by atoms with Crippen LogP contribution >= 0.6 is 0 Å². The fourth-order valence-corrected chi connectivity index (χ4v) is 2.98. The molecule has 122 valence electrons. The van der Waals surface area contributed by atoms with E-state index in [0.717, 1.165) is 23.7 Å². The zero-order chi connectivity index (χ0) is 16.2. The standard InChI is InChI=1S/C17H20N2O4/c20-16(21)7-9-19(11-12-3-2-10-23-12)17(22)14-4-1-5-15-13(14)6-8-18-15/h1,4-6,8,12,18H,2-3,7,9-11H2,(H,20,21). The van der Waals surface area contributed by atoms with Gasteiger partial charge in [-0.1, -0.05) is 6.07 Å². The van der Waals surface area contributed by atoms with Crippen LogP contribution < -0.4 is 0 Å². The highest BCUT2D eigenvalue weighted by molar-refractivity contribution is 6.06. The third kappa shape index (κ3) is 3.53. The number of benzene rings is 1. The molecule has 3 rings (SSSR count). The summed E-state index contributed by atoms with van der Waals surface area (Å²) < 4.78 is 5.60. The second-order valence-electron chi connectivity index (χ2n) is 5.77. The van der Waals surface area contributed by atoms with Gasteiger partial charge in [-0.3, -0.25) is 9.59 Å². The Kier molecular flexibility index (Phi) is 4.62. The first-order valence-corrected chi connectivity index (χ1v) is 7.84. The first-order chi connectivity index (χ1) is 11.1. The number of fused-ring (bicyclic) bond motifs is 1. The van der Waals surface area contributed by atoms with Gasteiger partial charge in [0.25, 0.3) is 5.91 Å². The largest absolute Gasteiger partial charge is 0.481 e. The van der Waals surface area contributed by atoms with E-state index in [1.807, 2.05) is 18.2 Å². The average molecular weight is 316 g/mol. The quantitative estimate of drug-likeness (QED) is 0.856. The van der Waals surface area contributed by atoms with Crippen LogP contribution in [0.3, 0.4) is 0 Å². The van der Waals surface area contributed by atoms with Crippen LogP contribution in [0.5, 0.6) is 0 Å². The monoisotopic (exact) mass is 316 g/mol. The molecule has 1 saturated heterocycles. The van der Waals surface area contributed by atoms with Crippen molar-refractivity contribution < 1.29 is 19.4 Å². The maximum absolute atomic E-state index is 12.9. The van der Waals surface area contributed by atoms with Gasteiger partial charge in [-0.15, -0.1) is 0 Å². The molecular weight excluding hydrogens is 296 g/mol. The molecule has 1 fully saturated rings. The summed E-state index contributed by atoms with van der Waals surface area (Å²) >= 11 is 0. The predicted molar refractivity (Wildman–Crippen MR) is 85.4 cm³/mol. The normalized spacial score (nSPS) is 17.5. The van der Waals surface area contributed by atoms with E-state index in [4.69, 9.17) is 9.84 Å². The maximum Gasteiger partial charge on any atom is 0.305 e. The van der Waals surface area contributed by atoms with E-state index in [1.54, 1.807) is 17.2 Å². The van der Waals surface area contributed by atoms with Gasteiger partial charge in [0.15, 0.2) is 0 Å². The molecule has 23 heavy (non-hydrogen) atoms. The second kappa shape index (κ2) is 6.83. The lowest BCUT2D eigenvalue weighted by atomic mass is 10.1. The molecule has 0 aliphatic carbocycles. The molecular formula is C17H20N2O4. The third-order valence-corrected chi connectivity index (χ3v) is 4.16. The summed E-state index contributed by atoms with van der Waals surface area (Å²) in [7, 11) is 0. The highest BCUT2D eigenvalue weighted by atomic mass is 16.5. The van der Waals surface area contributed by atoms with Gasteiger partial charge >= 0.3 is 5.97 Å². The van der Waals surface area contributed by atoms with E-state index in [9.17, 15) is 9.59 Å². The number of aromatic amines is 1. The lowest BCUT2D eigenvalue weighted by molar-refractivity contribution is -0.137. The molecule has 6 nitrogen and oxygen atoms in total. The number of H-pyrrole nitrogens is 1. The number of rotatable bonds is 6. The lowest BCUT2D eigenvalue weighted by Crippen LogP contribution is -2.38. The average Bonchev–Trinajstić information content (AvgIpc) is 3.21. The number of aromatic nitrogens is 1. The van der Waals surface area contributed by atoms with E-state index < -0.39 is 5.97 Å². The van der Waals surface area contributed by atoms with Gasteiger partial charge in [-0.25, -0.2) is 0 Å². The second-order valence-corrected chi connectivity index (χ2v) is 5.77. The molecule has 0 spiro atoms. The summed E-state index contributed by atoms with van der Waals surface area (Å²) in [6.07, 6.45) is 3.62. The minimum absolute atomic E-state index is 0.00169. The van der Waals surface area contributed by atoms with Gasteiger partial charge in [0, 0.05) is 42.4 Å². The molecule has 1 aliphatic rings. The Hall–Kier alpha value is -2.34. The molecule has 2 aromatic rings. The zero-order valence-electron chi connectivity index (χ0n) is 12.8. The number of nitrogens with zero attached hydrogens (tertiary/aromatic N) is 1. The molecule has 1 atom stereocenters. The van der Waals surface area contributed by atoms with E-state index in [0.29, 0.717) is 18.7 Å². The topological polar surface area (TPSA) is 82.6 Å². The summed E-state index contributed by atoms with van der Waals surface area (Å²) in [5, 5.41) is 9.79. The predicted octanol–water partition coefficient (Wildman–Crippen LogP) is 2.26. The number of hydrogen-bond acceptors (Lipinski definition) is 3. The van der Waals surface area contributed by atoms with Crippen molar-refractivity contribution >= 4 is 22.8 Å². The Morgan fingerprint density at radius 2 is 2.22 bits per heavy atom. The molecule has 1 amide bonds. The van der Waals surface area contributed by atoms with Crippen molar-refractivity contribution in [2.75, 3.05) is 19.7 Å². The summed E-state index contributed by atoms with van der Waals surface area (Å²) in [6.45, 7) is 1.33. The number of carboxylic acids is 1. The Morgan fingerprint density at radius 1 is 1.35 bits per heavy atom. The van der Waals surface area contributed by atoms with Crippen LogP contribution in [0.2, 0.25) is 0 Å². The Bertz CT molecular complexity index is 703. The first-order valence-electron chi connectivity index (χ1n) is 7.84. The Labute approximate surface area is 134 Å². The van der Waals surface area contributed by atoms with Crippen molar-refractivity contribution in [3.05, 3.63) is 36.0 Å². The smallest absolute Gasteiger partial charge is 0.305 e. The molecule has 1 aromatic heterocycles. The number of hydrogen-bond donors (Lipinski definition) is 2. The van der Waals surface area contributed by atoms with Gasteiger partial charge in [0.1, 0.15) is 0 Å². The van der Waals surface area contributed by atoms with Crippen LogP contribution in [0, 0.1) is 0 Å². The number of nitrogens with one attached hydrogen (secondary N) is 1. The van der Waals surface area contributed by atoms with Gasteiger partial charge in [-0.05, 0) is 31.0 Å². The van der Waals surface area contributed by atoms with Crippen molar-refractivity contribution in [3.8, 4) is 0 Å². The van der Waals surface area contributed by atoms with Crippen molar-refractivity contribution in [3.63, 3.8) is 0 Å². The Balaban J connectivity index is 1.83. The molecule has 1 aliphatic heterocycles. The molecule has 0 saturated carbocycles. The maximum atomic E-state index is 12.9. The molecule has 2 heterocycles. The third-order valence-electron chi connectivity index (χ3n) is 4.16. The summed E-state index contributed by atoms with van der Waals surface area (Å²) in [4.78, 5) is 28.5. The summed E-state index contributed by atoms with van der Waals surface area (Å²) in [6, 6.07) is 7.38. The van der Waals surface area contributed by atoms with Crippen LogP contribution in [0.1, 0.15) is 29.6 Å². The molecule has 2 N–H and O–H groups in total. The molecule has 0 bridgehead atoms. The first kappa shape index (κ1) is 15.6. The number of carboxylic acid groups (broad SMARTS) is 1. The summed E-state index contributed by atoms with van der Waals surface area (Å²) in [5.41, 5.74) is 1.48. The van der Waals surface area contributed by atoms with Crippen LogP contribution in [-0.2, 0) is 9.53 Å². The fourth-order valence-electron chi connectivity index (χ4n) is 2.98. The zero-order valence-corrected chi connectivity index (χ0v) is 12.8. The van der Waals surface area contributed by atoms with Crippen LogP contribution in [0.4, 0.5) is 0 Å². The number of amides is 1. The number of aliphatic carboxylic acids is 1. The van der Waals surface area contributed by atoms with Gasteiger partial charge < -0.3 is 19.7 Å². The van der Waals surface area contributed by atoms with Crippen molar-refractivity contribution in [2.24, 2.45) is 0 Å². The van der Waals surface area contributed by atoms with Gasteiger partial charge in [-0.2, -0.15) is 0 Å². The van der Waals surface area contributed by atoms with E-state index in [-0.39, 0.29) is 25.0 Å². The number of ether oxygens (including phenoxy) is 1. The molecule has 6 heteroatoms. The lowest BCUT2D eigenvalue weighted by Gasteiger charge is -2.25. The number of carbonyl (C=O) groups excluding carboxylic acids is 1. The minimum Gasteiger partial charge on any atom is -0.481 e. The minimum atomic E-state index is -0.907. The summed E-state index contributed by atoms with van der Waals surface area (Å²) in [5.74, 6) is -1.05. The molecule has 1 unspecified atom stereocenters. The van der Waals surface area contributed by atoms with Gasteiger partial charge in [0.05, 0.1) is 12.5 Å². The van der Waals surface area contributed by atoms with Crippen LogP contribution in [0.15, 0.2) is 30.5 Å². The van der Waals surface area contributed by atoms with Crippen molar-refractivity contribution in [2.45, 2.75) is 25.4 Å². The van der Waals surface area contributed by atoms with E-state index in [1.165, 1.54) is 0 Å². The van der Waals surface area contributed by atoms with Crippen LogP contribution in [-0.4, -0.2) is 52.7 Å². The molecule has 1 aromatic carbocycles. The van der Waals surface area contributed by atoms with Crippen LogP contribution in [0.25, 0.3) is 10.9 Å². The van der Waals surface area contributed by atoms with Crippen molar-refractivity contribution in [1.82, 2.24) is 9.88 Å². The van der Waals surface area contributed by atoms with Crippen molar-refractivity contribution in [1.29, 1.82) is 0 Å².